The van der Waals surface area contributed by atoms with Crippen LogP contribution in [-0.4, -0.2) is 12.6 Å². The minimum atomic E-state index is 0.222. The molecule has 1 aromatic rings. The summed E-state index contributed by atoms with van der Waals surface area (Å²) in [6.45, 7) is 0.778. The van der Waals surface area contributed by atoms with Gasteiger partial charge in [0.25, 0.3) is 0 Å². The molecule has 1 saturated carbocycles. The molecule has 1 aromatic carbocycles. The van der Waals surface area contributed by atoms with Gasteiger partial charge in [0, 0.05) is 17.5 Å². The van der Waals surface area contributed by atoms with E-state index in [1.807, 2.05) is 12.1 Å². The Morgan fingerprint density at radius 2 is 1.95 bits per heavy atom. The molecule has 2 nitrogen and oxygen atoms in total. The second kappa shape index (κ2) is 7.02. The van der Waals surface area contributed by atoms with Crippen molar-refractivity contribution in [2.75, 3.05) is 6.61 Å². The summed E-state index contributed by atoms with van der Waals surface area (Å²) in [5.41, 5.74) is 8.89. The summed E-state index contributed by atoms with van der Waals surface area (Å²) in [4.78, 5) is 0. The molecular formula is C18H26ClNO. The van der Waals surface area contributed by atoms with Crippen molar-refractivity contribution >= 4 is 11.6 Å². The Morgan fingerprint density at radius 1 is 1.19 bits per heavy atom. The maximum absolute atomic E-state index is 6.43. The molecule has 0 bridgehead atoms. The predicted molar refractivity (Wildman–Crippen MR) is 88.1 cm³/mol. The molecule has 2 N–H and O–H groups in total. The maximum atomic E-state index is 6.43. The Labute approximate surface area is 133 Å². The molecule has 0 amide bonds. The van der Waals surface area contributed by atoms with Crippen LogP contribution >= 0.6 is 11.6 Å². The van der Waals surface area contributed by atoms with Crippen molar-refractivity contribution in [2.24, 2.45) is 11.7 Å². The van der Waals surface area contributed by atoms with Gasteiger partial charge in [-0.15, -0.1) is 0 Å². The second-order valence-corrected chi connectivity index (χ2v) is 7.15. The van der Waals surface area contributed by atoms with E-state index in [0.29, 0.717) is 0 Å². The molecular weight excluding hydrogens is 282 g/mol. The van der Waals surface area contributed by atoms with E-state index in [0.717, 1.165) is 42.6 Å². The van der Waals surface area contributed by atoms with Crippen LogP contribution in [0.5, 0.6) is 5.75 Å². The standard InChI is InChI=1S/C18H26ClNO/c19-16-10-14-7-8-21-18(14)15(11-16)12-17(20)9-13-5-3-1-2-4-6-13/h10-11,13,17H,1-9,12,20H2. The fourth-order valence-corrected chi connectivity index (χ4v) is 4.15. The van der Waals surface area contributed by atoms with Gasteiger partial charge in [0.2, 0.25) is 0 Å². The number of rotatable bonds is 4. The van der Waals surface area contributed by atoms with Crippen LogP contribution in [0.15, 0.2) is 12.1 Å². The van der Waals surface area contributed by atoms with E-state index in [1.165, 1.54) is 49.7 Å². The zero-order valence-electron chi connectivity index (χ0n) is 12.7. The zero-order valence-corrected chi connectivity index (χ0v) is 13.5. The fourth-order valence-electron chi connectivity index (χ4n) is 3.89. The first kappa shape index (κ1) is 15.2. The van der Waals surface area contributed by atoms with Crippen LogP contribution in [0.2, 0.25) is 5.02 Å². The number of nitrogens with two attached hydrogens (primary N) is 1. The van der Waals surface area contributed by atoms with Gasteiger partial charge in [-0.1, -0.05) is 50.1 Å². The highest BCUT2D eigenvalue weighted by atomic mass is 35.5. The summed E-state index contributed by atoms with van der Waals surface area (Å²) in [7, 11) is 0. The Balaban J connectivity index is 1.63. The topological polar surface area (TPSA) is 35.2 Å². The average Bonchev–Trinajstić information content (AvgIpc) is 2.76. The number of benzene rings is 1. The van der Waals surface area contributed by atoms with E-state index in [-0.39, 0.29) is 6.04 Å². The smallest absolute Gasteiger partial charge is 0.125 e. The summed E-state index contributed by atoms with van der Waals surface area (Å²) in [6, 6.07) is 4.29. The summed E-state index contributed by atoms with van der Waals surface area (Å²) >= 11 is 6.23. The normalized spacial score (nSPS) is 20.7. The molecule has 0 aromatic heterocycles. The molecule has 1 atom stereocenters. The summed E-state index contributed by atoms with van der Waals surface area (Å²) in [5, 5.41) is 0.816. The van der Waals surface area contributed by atoms with Gasteiger partial charge < -0.3 is 10.5 Å². The molecule has 0 saturated heterocycles. The van der Waals surface area contributed by atoms with Crippen molar-refractivity contribution in [3.8, 4) is 5.75 Å². The number of fused-ring (bicyclic) bond motifs is 1. The van der Waals surface area contributed by atoms with E-state index in [2.05, 4.69) is 0 Å². The van der Waals surface area contributed by atoms with Crippen LogP contribution in [0.4, 0.5) is 0 Å². The molecule has 0 spiro atoms. The van der Waals surface area contributed by atoms with Gasteiger partial charge in [0.15, 0.2) is 0 Å². The Kier molecular flexibility index (Phi) is 5.07. The van der Waals surface area contributed by atoms with Crippen molar-refractivity contribution in [3.05, 3.63) is 28.3 Å². The molecule has 1 fully saturated rings. The molecule has 2 aliphatic rings. The molecule has 21 heavy (non-hydrogen) atoms. The molecule has 3 heteroatoms. The van der Waals surface area contributed by atoms with Crippen molar-refractivity contribution in [1.82, 2.24) is 0 Å². The lowest BCUT2D eigenvalue weighted by molar-refractivity contribution is 0.348. The Bertz CT molecular complexity index is 480. The van der Waals surface area contributed by atoms with Gasteiger partial charge in [-0.3, -0.25) is 0 Å². The lowest BCUT2D eigenvalue weighted by Crippen LogP contribution is -2.26. The largest absolute Gasteiger partial charge is 0.493 e. The lowest BCUT2D eigenvalue weighted by Gasteiger charge is -2.20. The van der Waals surface area contributed by atoms with E-state index < -0.39 is 0 Å². The molecule has 1 aliphatic heterocycles. The molecule has 1 aliphatic carbocycles. The van der Waals surface area contributed by atoms with Crippen LogP contribution in [-0.2, 0) is 12.8 Å². The second-order valence-electron chi connectivity index (χ2n) is 6.71. The maximum Gasteiger partial charge on any atom is 0.125 e. The third-order valence-corrected chi connectivity index (χ3v) is 5.14. The molecule has 3 rings (SSSR count). The van der Waals surface area contributed by atoms with Crippen LogP contribution in [0.1, 0.15) is 56.1 Å². The van der Waals surface area contributed by atoms with E-state index >= 15 is 0 Å². The van der Waals surface area contributed by atoms with Gasteiger partial charge in [-0.2, -0.15) is 0 Å². The number of hydrogen-bond acceptors (Lipinski definition) is 2. The van der Waals surface area contributed by atoms with Crippen LogP contribution < -0.4 is 10.5 Å². The molecule has 1 unspecified atom stereocenters. The first-order valence-corrected chi connectivity index (χ1v) is 8.80. The molecule has 1 heterocycles. The Morgan fingerprint density at radius 3 is 2.71 bits per heavy atom. The van der Waals surface area contributed by atoms with Gasteiger partial charge in [-0.05, 0) is 42.0 Å². The average molecular weight is 308 g/mol. The van der Waals surface area contributed by atoms with E-state index in [1.54, 1.807) is 0 Å². The predicted octanol–water partition coefficient (Wildman–Crippen LogP) is 4.51. The van der Waals surface area contributed by atoms with E-state index in [9.17, 15) is 0 Å². The summed E-state index contributed by atoms with van der Waals surface area (Å²) in [6.07, 6.45) is 11.3. The van der Waals surface area contributed by atoms with Crippen molar-refractivity contribution < 1.29 is 4.74 Å². The first-order valence-electron chi connectivity index (χ1n) is 8.42. The first-order chi connectivity index (χ1) is 10.2. The lowest BCUT2D eigenvalue weighted by atomic mass is 9.90. The number of ether oxygens (including phenoxy) is 1. The van der Waals surface area contributed by atoms with Crippen LogP contribution in [0, 0.1) is 5.92 Å². The third kappa shape index (κ3) is 3.92. The van der Waals surface area contributed by atoms with Crippen LogP contribution in [0.3, 0.4) is 0 Å². The zero-order chi connectivity index (χ0) is 14.7. The number of halogens is 1. The van der Waals surface area contributed by atoms with Crippen molar-refractivity contribution in [3.63, 3.8) is 0 Å². The summed E-state index contributed by atoms with van der Waals surface area (Å²) < 4.78 is 5.78. The van der Waals surface area contributed by atoms with Gasteiger partial charge >= 0.3 is 0 Å². The van der Waals surface area contributed by atoms with Gasteiger partial charge in [0.05, 0.1) is 6.61 Å². The number of hydrogen-bond donors (Lipinski definition) is 1. The van der Waals surface area contributed by atoms with E-state index in [4.69, 9.17) is 22.1 Å². The Hall–Kier alpha value is -0.730. The van der Waals surface area contributed by atoms with Crippen molar-refractivity contribution in [2.45, 2.75) is 63.8 Å². The highest BCUT2D eigenvalue weighted by Crippen LogP contribution is 2.34. The quantitative estimate of drug-likeness (QED) is 0.831. The highest BCUT2D eigenvalue weighted by molar-refractivity contribution is 6.30. The van der Waals surface area contributed by atoms with Crippen molar-refractivity contribution in [1.29, 1.82) is 0 Å². The van der Waals surface area contributed by atoms with Crippen LogP contribution in [0.25, 0.3) is 0 Å². The highest BCUT2D eigenvalue weighted by Gasteiger charge is 2.21. The third-order valence-electron chi connectivity index (χ3n) is 4.92. The molecule has 116 valence electrons. The monoisotopic (exact) mass is 307 g/mol. The minimum Gasteiger partial charge on any atom is -0.493 e. The van der Waals surface area contributed by atoms with Gasteiger partial charge in [0.1, 0.15) is 5.75 Å². The minimum absolute atomic E-state index is 0.222. The SMILES string of the molecule is NC(Cc1cc(Cl)cc2c1OCC2)CC1CCCCCC1. The molecule has 0 radical (unpaired) electrons. The van der Waals surface area contributed by atoms with Gasteiger partial charge in [-0.25, -0.2) is 0 Å². The fraction of sp³-hybridized carbons (Fsp3) is 0.667. The summed E-state index contributed by atoms with van der Waals surface area (Å²) in [5.74, 6) is 1.87.